The Labute approximate surface area is 113 Å². The van der Waals surface area contributed by atoms with E-state index in [1.807, 2.05) is 0 Å². The van der Waals surface area contributed by atoms with Gasteiger partial charge in [-0.2, -0.15) is 15.0 Å². The first-order chi connectivity index (χ1) is 8.54. The van der Waals surface area contributed by atoms with E-state index in [4.69, 9.17) is 39.4 Å². The van der Waals surface area contributed by atoms with E-state index in [0.29, 0.717) is 21.6 Å². The zero-order valence-corrected chi connectivity index (χ0v) is 10.6. The third kappa shape index (κ3) is 3.12. The predicted molar refractivity (Wildman–Crippen MR) is 69.4 cm³/mol. The van der Waals surface area contributed by atoms with Gasteiger partial charge >= 0.3 is 0 Å². The van der Waals surface area contributed by atoms with Gasteiger partial charge in [0.1, 0.15) is 12.4 Å². The van der Waals surface area contributed by atoms with Gasteiger partial charge in [0, 0.05) is 5.02 Å². The molecule has 94 valence electrons. The number of rotatable bonds is 3. The fourth-order valence-electron chi connectivity index (χ4n) is 1.26. The minimum Gasteiger partial charge on any atom is -0.484 e. The Morgan fingerprint density at radius 2 is 1.72 bits per heavy atom. The van der Waals surface area contributed by atoms with Crippen LogP contribution in [0.3, 0.4) is 0 Å². The molecule has 0 aliphatic heterocycles. The van der Waals surface area contributed by atoms with Crippen LogP contribution in [0.15, 0.2) is 18.2 Å². The largest absolute Gasteiger partial charge is 0.484 e. The molecule has 1 aromatic heterocycles. The number of halogens is 2. The molecule has 0 saturated heterocycles. The molecule has 1 heterocycles. The highest BCUT2D eigenvalue weighted by Crippen LogP contribution is 2.27. The Morgan fingerprint density at radius 3 is 2.33 bits per heavy atom. The Bertz CT molecular complexity index is 558. The molecule has 0 amide bonds. The van der Waals surface area contributed by atoms with Gasteiger partial charge in [0.05, 0.1) is 5.02 Å². The normalized spacial score (nSPS) is 10.3. The first-order valence-corrected chi connectivity index (χ1v) is 5.64. The molecule has 0 spiro atoms. The van der Waals surface area contributed by atoms with Crippen molar-refractivity contribution in [3.63, 3.8) is 0 Å². The van der Waals surface area contributed by atoms with Crippen molar-refractivity contribution in [2.24, 2.45) is 0 Å². The smallest absolute Gasteiger partial charge is 0.225 e. The van der Waals surface area contributed by atoms with Crippen molar-refractivity contribution in [3.8, 4) is 5.75 Å². The van der Waals surface area contributed by atoms with Crippen LogP contribution in [-0.4, -0.2) is 15.0 Å². The minimum absolute atomic E-state index is 0.0447. The predicted octanol–water partition coefficient (Wildman–Crippen LogP) is 1.92. The van der Waals surface area contributed by atoms with Gasteiger partial charge in [0.15, 0.2) is 5.82 Å². The van der Waals surface area contributed by atoms with Crippen LogP contribution in [0.4, 0.5) is 11.9 Å². The second-order valence-corrected chi connectivity index (χ2v) is 4.18. The van der Waals surface area contributed by atoms with E-state index < -0.39 is 0 Å². The van der Waals surface area contributed by atoms with Gasteiger partial charge in [0.2, 0.25) is 11.9 Å². The van der Waals surface area contributed by atoms with Crippen LogP contribution in [0, 0.1) is 0 Å². The van der Waals surface area contributed by atoms with Crippen molar-refractivity contribution in [2.45, 2.75) is 6.61 Å². The lowest BCUT2D eigenvalue weighted by Gasteiger charge is -2.07. The van der Waals surface area contributed by atoms with Crippen LogP contribution in [0.2, 0.25) is 10.0 Å². The number of nitrogens with two attached hydrogens (primary N) is 2. The van der Waals surface area contributed by atoms with Crippen molar-refractivity contribution in [2.75, 3.05) is 11.5 Å². The molecule has 1 aromatic carbocycles. The van der Waals surface area contributed by atoms with Crippen molar-refractivity contribution < 1.29 is 4.74 Å². The molecular formula is C10H9Cl2N5O. The summed E-state index contributed by atoms with van der Waals surface area (Å²) in [6, 6.07) is 4.89. The van der Waals surface area contributed by atoms with Gasteiger partial charge in [-0.3, -0.25) is 0 Å². The average molecular weight is 286 g/mol. The highest BCUT2D eigenvalue weighted by molar-refractivity contribution is 6.35. The Morgan fingerprint density at radius 1 is 1.06 bits per heavy atom. The fraction of sp³-hybridized carbons (Fsp3) is 0.100. The van der Waals surface area contributed by atoms with Gasteiger partial charge in [-0.15, -0.1) is 0 Å². The molecule has 0 aliphatic rings. The summed E-state index contributed by atoms with van der Waals surface area (Å²) >= 11 is 11.7. The second-order valence-electron chi connectivity index (χ2n) is 3.33. The maximum Gasteiger partial charge on any atom is 0.225 e. The van der Waals surface area contributed by atoms with Crippen molar-refractivity contribution >= 4 is 35.1 Å². The van der Waals surface area contributed by atoms with E-state index in [1.165, 1.54) is 0 Å². The van der Waals surface area contributed by atoms with Gasteiger partial charge in [-0.25, -0.2) is 0 Å². The van der Waals surface area contributed by atoms with Crippen molar-refractivity contribution in [3.05, 3.63) is 34.1 Å². The molecule has 0 radical (unpaired) electrons. The summed E-state index contributed by atoms with van der Waals surface area (Å²) < 4.78 is 5.43. The summed E-state index contributed by atoms with van der Waals surface area (Å²) in [5.41, 5.74) is 10.9. The maximum absolute atomic E-state index is 5.95. The summed E-state index contributed by atoms with van der Waals surface area (Å²) in [7, 11) is 0. The summed E-state index contributed by atoms with van der Waals surface area (Å²) in [6.07, 6.45) is 0. The number of aromatic nitrogens is 3. The molecule has 8 heteroatoms. The van der Waals surface area contributed by atoms with Crippen LogP contribution in [-0.2, 0) is 6.61 Å². The summed E-state index contributed by atoms with van der Waals surface area (Å²) in [5.74, 6) is 0.885. The standard InChI is InChI=1S/C10H9Cl2N5O/c11-5-1-2-7(6(12)3-5)18-4-8-15-9(13)17-10(14)16-8/h1-3H,4H2,(H4,13,14,15,16,17). The minimum atomic E-state index is 0.0447. The number of hydrogen-bond acceptors (Lipinski definition) is 6. The molecule has 0 saturated carbocycles. The molecule has 2 rings (SSSR count). The molecule has 0 atom stereocenters. The molecule has 2 aromatic rings. The van der Waals surface area contributed by atoms with E-state index in [0.717, 1.165) is 0 Å². The Kier molecular flexibility index (Phi) is 3.69. The molecule has 4 N–H and O–H groups in total. The van der Waals surface area contributed by atoms with Gasteiger partial charge in [0.25, 0.3) is 0 Å². The molecule has 0 bridgehead atoms. The lowest BCUT2D eigenvalue weighted by molar-refractivity contribution is 0.296. The average Bonchev–Trinajstić information content (AvgIpc) is 2.26. The van der Waals surface area contributed by atoms with Crippen LogP contribution in [0.1, 0.15) is 5.82 Å². The van der Waals surface area contributed by atoms with E-state index in [9.17, 15) is 0 Å². The van der Waals surface area contributed by atoms with E-state index in [2.05, 4.69) is 15.0 Å². The number of nitrogen functional groups attached to an aromatic ring is 2. The Hall–Kier alpha value is -1.79. The number of ether oxygens (including phenoxy) is 1. The zero-order valence-electron chi connectivity index (χ0n) is 9.10. The topological polar surface area (TPSA) is 99.9 Å². The molecule has 0 aliphatic carbocycles. The second kappa shape index (κ2) is 5.24. The van der Waals surface area contributed by atoms with Gasteiger partial charge in [-0.05, 0) is 18.2 Å². The third-order valence-corrected chi connectivity index (χ3v) is 2.50. The monoisotopic (exact) mass is 285 g/mol. The van der Waals surface area contributed by atoms with Crippen molar-refractivity contribution in [1.29, 1.82) is 0 Å². The quantitative estimate of drug-likeness (QED) is 0.894. The highest BCUT2D eigenvalue weighted by atomic mass is 35.5. The van der Waals surface area contributed by atoms with Gasteiger partial charge < -0.3 is 16.2 Å². The molecule has 18 heavy (non-hydrogen) atoms. The lowest BCUT2D eigenvalue weighted by atomic mass is 10.3. The summed E-state index contributed by atoms with van der Waals surface area (Å²) in [5, 5.41) is 0.929. The zero-order chi connectivity index (χ0) is 13.1. The SMILES string of the molecule is Nc1nc(N)nc(COc2ccc(Cl)cc2Cl)n1. The number of hydrogen-bond donors (Lipinski definition) is 2. The fourth-order valence-corrected chi connectivity index (χ4v) is 1.72. The number of nitrogens with zero attached hydrogens (tertiary/aromatic N) is 3. The van der Waals surface area contributed by atoms with Crippen molar-refractivity contribution in [1.82, 2.24) is 15.0 Å². The first-order valence-electron chi connectivity index (χ1n) is 4.88. The molecule has 6 nitrogen and oxygen atoms in total. The Balaban J connectivity index is 2.11. The lowest BCUT2D eigenvalue weighted by Crippen LogP contribution is -2.09. The van der Waals surface area contributed by atoms with Crippen LogP contribution in [0.5, 0.6) is 5.75 Å². The van der Waals surface area contributed by atoms with Crippen LogP contribution in [0.25, 0.3) is 0 Å². The summed E-state index contributed by atoms with van der Waals surface area (Å²) in [4.78, 5) is 11.4. The first kappa shape index (κ1) is 12.7. The highest BCUT2D eigenvalue weighted by Gasteiger charge is 2.06. The van der Waals surface area contributed by atoms with Crippen LogP contribution < -0.4 is 16.2 Å². The van der Waals surface area contributed by atoms with E-state index in [-0.39, 0.29) is 18.5 Å². The molecular weight excluding hydrogens is 277 g/mol. The number of benzene rings is 1. The van der Waals surface area contributed by atoms with E-state index in [1.54, 1.807) is 18.2 Å². The van der Waals surface area contributed by atoms with Crippen LogP contribution >= 0.6 is 23.2 Å². The third-order valence-electron chi connectivity index (χ3n) is 1.97. The maximum atomic E-state index is 5.95. The summed E-state index contributed by atoms with van der Waals surface area (Å²) in [6.45, 7) is 0.0816. The number of anilines is 2. The molecule has 0 fully saturated rings. The van der Waals surface area contributed by atoms with E-state index >= 15 is 0 Å². The van der Waals surface area contributed by atoms with Gasteiger partial charge in [-0.1, -0.05) is 23.2 Å². The molecule has 0 unspecified atom stereocenters.